The second-order valence-corrected chi connectivity index (χ2v) is 6.06. The Bertz CT molecular complexity index is 668. The van der Waals surface area contributed by atoms with E-state index in [-0.39, 0.29) is 0 Å². The van der Waals surface area contributed by atoms with E-state index < -0.39 is 0 Å². The molecule has 5 heteroatoms. The maximum atomic E-state index is 5.68. The average Bonchev–Trinajstić information content (AvgIpc) is 3.16. The molecule has 0 amide bonds. The lowest BCUT2D eigenvalue weighted by Crippen LogP contribution is -2.24. The van der Waals surface area contributed by atoms with E-state index in [1.165, 1.54) is 12.0 Å². The molecule has 0 spiro atoms. The van der Waals surface area contributed by atoms with Gasteiger partial charge in [0.2, 0.25) is 0 Å². The Hall–Kier alpha value is -2.01. The first-order valence-electron chi connectivity index (χ1n) is 7.94. The minimum Gasteiger partial charge on any atom is -0.486 e. The van der Waals surface area contributed by atoms with E-state index in [9.17, 15) is 0 Å². The summed E-state index contributed by atoms with van der Waals surface area (Å²) in [6.07, 6.45) is 4.29. The van der Waals surface area contributed by atoms with Gasteiger partial charge in [-0.15, -0.1) is 0 Å². The van der Waals surface area contributed by atoms with Gasteiger partial charge in [-0.2, -0.15) is 0 Å². The average molecular weight is 299 g/mol. The third-order valence-electron chi connectivity index (χ3n) is 4.39. The number of benzene rings is 1. The summed E-state index contributed by atoms with van der Waals surface area (Å²) in [5.41, 5.74) is 2.39. The molecule has 3 heterocycles. The second-order valence-electron chi connectivity index (χ2n) is 6.06. The van der Waals surface area contributed by atoms with E-state index in [1.807, 2.05) is 12.3 Å². The molecule has 0 aliphatic carbocycles. The molecule has 5 nitrogen and oxygen atoms in total. The topological polar surface area (TPSA) is 50.4 Å². The highest BCUT2D eigenvalue weighted by molar-refractivity contribution is 5.43. The van der Waals surface area contributed by atoms with Gasteiger partial charge in [0, 0.05) is 18.4 Å². The van der Waals surface area contributed by atoms with Crippen molar-refractivity contribution in [1.29, 1.82) is 0 Å². The molecule has 1 N–H and O–H groups in total. The van der Waals surface area contributed by atoms with Gasteiger partial charge in [0.15, 0.2) is 11.5 Å². The number of hydrogen-bond donors (Lipinski definition) is 1. The van der Waals surface area contributed by atoms with Gasteiger partial charge in [0.05, 0.1) is 6.04 Å². The minimum atomic E-state index is 0.391. The smallest absolute Gasteiger partial charge is 0.161 e. The number of rotatable bonds is 3. The zero-order valence-electron chi connectivity index (χ0n) is 12.8. The quantitative estimate of drug-likeness (QED) is 0.947. The monoisotopic (exact) mass is 299 g/mol. The first-order valence-corrected chi connectivity index (χ1v) is 7.94. The Morgan fingerprint density at radius 2 is 2.14 bits per heavy atom. The Morgan fingerprint density at radius 3 is 2.95 bits per heavy atom. The van der Waals surface area contributed by atoms with E-state index in [1.54, 1.807) is 0 Å². The van der Waals surface area contributed by atoms with Crippen molar-refractivity contribution in [1.82, 2.24) is 14.9 Å². The van der Waals surface area contributed by atoms with Crippen LogP contribution in [0.2, 0.25) is 0 Å². The summed E-state index contributed by atoms with van der Waals surface area (Å²) in [4.78, 5) is 10.4. The van der Waals surface area contributed by atoms with Crippen LogP contribution in [0.1, 0.15) is 36.0 Å². The lowest BCUT2D eigenvalue weighted by Gasteiger charge is -2.24. The van der Waals surface area contributed by atoms with Crippen LogP contribution in [0.4, 0.5) is 0 Å². The van der Waals surface area contributed by atoms with Crippen molar-refractivity contribution in [2.75, 3.05) is 19.8 Å². The van der Waals surface area contributed by atoms with E-state index in [0.717, 1.165) is 42.5 Å². The summed E-state index contributed by atoms with van der Waals surface area (Å²) in [5, 5.41) is 0. The van der Waals surface area contributed by atoms with Gasteiger partial charge in [0.1, 0.15) is 19.0 Å². The second kappa shape index (κ2) is 5.65. The molecule has 1 aromatic carbocycles. The van der Waals surface area contributed by atoms with Crippen molar-refractivity contribution in [2.45, 2.75) is 32.4 Å². The van der Waals surface area contributed by atoms with Gasteiger partial charge in [-0.3, -0.25) is 4.90 Å². The van der Waals surface area contributed by atoms with E-state index in [4.69, 9.17) is 9.47 Å². The molecule has 2 aliphatic heterocycles. The SMILES string of the molecule is Cc1cnc([C@@H]2CCCN2Cc2ccc3c(c2)OCCO3)[nH]1. The van der Waals surface area contributed by atoms with E-state index in [2.05, 4.69) is 33.9 Å². The number of nitrogens with one attached hydrogen (secondary N) is 1. The summed E-state index contributed by atoms with van der Waals surface area (Å²) in [6.45, 7) is 5.35. The molecule has 1 saturated heterocycles. The number of imidazole rings is 1. The Morgan fingerprint density at radius 1 is 1.27 bits per heavy atom. The fourth-order valence-electron chi connectivity index (χ4n) is 3.35. The van der Waals surface area contributed by atoms with Crippen molar-refractivity contribution < 1.29 is 9.47 Å². The fourth-order valence-corrected chi connectivity index (χ4v) is 3.35. The lowest BCUT2D eigenvalue weighted by atomic mass is 10.1. The number of ether oxygens (including phenoxy) is 2. The number of aromatic amines is 1. The molecule has 0 saturated carbocycles. The molecule has 2 aliphatic rings. The van der Waals surface area contributed by atoms with Gasteiger partial charge in [-0.25, -0.2) is 4.98 Å². The van der Waals surface area contributed by atoms with Crippen LogP contribution in [-0.2, 0) is 6.54 Å². The largest absolute Gasteiger partial charge is 0.486 e. The number of H-pyrrole nitrogens is 1. The summed E-state index contributed by atoms with van der Waals surface area (Å²) in [6, 6.07) is 6.65. The van der Waals surface area contributed by atoms with Gasteiger partial charge >= 0.3 is 0 Å². The zero-order chi connectivity index (χ0) is 14.9. The number of likely N-dealkylation sites (tertiary alicyclic amines) is 1. The highest BCUT2D eigenvalue weighted by atomic mass is 16.6. The molecule has 22 heavy (non-hydrogen) atoms. The van der Waals surface area contributed by atoms with Crippen LogP contribution >= 0.6 is 0 Å². The molecule has 4 rings (SSSR count). The van der Waals surface area contributed by atoms with Crippen LogP contribution in [0.5, 0.6) is 11.5 Å². The van der Waals surface area contributed by atoms with Crippen molar-refractivity contribution in [3.63, 3.8) is 0 Å². The molecule has 0 bridgehead atoms. The number of hydrogen-bond acceptors (Lipinski definition) is 4. The molecule has 2 aromatic rings. The Kier molecular flexibility index (Phi) is 3.50. The van der Waals surface area contributed by atoms with Crippen LogP contribution in [0, 0.1) is 6.92 Å². The third-order valence-corrected chi connectivity index (χ3v) is 4.39. The predicted octanol–water partition coefficient (Wildman–Crippen LogP) is 2.83. The van der Waals surface area contributed by atoms with Crippen molar-refractivity contribution in [3.05, 3.63) is 41.5 Å². The van der Waals surface area contributed by atoms with Crippen LogP contribution in [0.15, 0.2) is 24.4 Å². The lowest BCUT2D eigenvalue weighted by molar-refractivity contribution is 0.171. The minimum absolute atomic E-state index is 0.391. The molecule has 1 aromatic heterocycles. The molecule has 1 fully saturated rings. The number of fused-ring (bicyclic) bond motifs is 1. The summed E-state index contributed by atoms with van der Waals surface area (Å²) in [7, 11) is 0. The van der Waals surface area contributed by atoms with E-state index >= 15 is 0 Å². The molecule has 0 unspecified atom stereocenters. The summed E-state index contributed by atoms with van der Waals surface area (Å²) in [5.74, 6) is 2.82. The van der Waals surface area contributed by atoms with Crippen molar-refractivity contribution in [2.24, 2.45) is 0 Å². The van der Waals surface area contributed by atoms with Gasteiger partial charge in [0.25, 0.3) is 0 Å². The standard InChI is InChI=1S/C17H21N3O2/c1-12-10-18-17(19-12)14-3-2-6-20(14)11-13-4-5-15-16(9-13)22-8-7-21-15/h4-5,9-10,14H,2-3,6-8,11H2,1H3,(H,18,19)/t14-/m0/s1. The third kappa shape index (κ3) is 2.57. The molecule has 1 atom stereocenters. The summed E-state index contributed by atoms with van der Waals surface area (Å²) >= 11 is 0. The fraction of sp³-hybridized carbons (Fsp3) is 0.471. The molecule has 0 radical (unpaired) electrons. The van der Waals surface area contributed by atoms with Gasteiger partial charge < -0.3 is 14.5 Å². The normalized spacial score (nSPS) is 21.2. The van der Waals surface area contributed by atoms with Crippen LogP contribution < -0.4 is 9.47 Å². The van der Waals surface area contributed by atoms with E-state index in [0.29, 0.717) is 19.3 Å². The first kappa shape index (κ1) is 13.6. The van der Waals surface area contributed by atoms with Crippen LogP contribution in [-0.4, -0.2) is 34.6 Å². The molecule has 116 valence electrons. The van der Waals surface area contributed by atoms with Gasteiger partial charge in [-0.1, -0.05) is 6.07 Å². The number of aryl methyl sites for hydroxylation is 1. The molecular weight excluding hydrogens is 278 g/mol. The van der Waals surface area contributed by atoms with Crippen LogP contribution in [0.25, 0.3) is 0 Å². The maximum absolute atomic E-state index is 5.68. The number of aromatic nitrogens is 2. The number of nitrogens with zero attached hydrogens (tertiary/aromatic N) is 2. The van der Waals surface area contributed by atoms with Gasteiger partial charge in [-0.05, 0) is 44.0 Å². The zero-order valence-corrected chi connectivity index (χ0v) is 12.8. The maximum Gasteiger partial charge on any atom is 0.161 e. The Balaban J connectivity index is 1.52. The summed E-state index contributed by atoms with van der Waals surface area (Å²) < 4.78 is 11.3. The predicted molar refractivity (Wildman–Crippen MR) is 83.1 cm³/mol. The van der Waals surface area contributed by atoms with Crippen LogP contribution in [0.3, 0.4) is 0 Å². The molecular formula is C17H21N3O2. The van der Waals surface area contributed by atoms with Crippen molar-refractivity contribution in [3.8, 4) is 11.5 Å². The highest BCUT2D eigenvalue weighted by Gasteiger charge is 2.28. The van der Waals surface area contributed by atoms with Crippen molar-refractivity contribution >= 4 is 0 Å². The highest BCUT2D eigenvalue weighted by Crippen LogP contribution is 2.34. The Labute approximate surface area is 130 Å². The first-order chi connectivity index (χ1) is 10.8.